The number of phenols is 1. The summed E-state index contributed by atoms with van der Waals surface area (Å²) in [6, 6.07) is 5.34. The molecule has 2 N–H and O–H groups in total. The third kappa shape index (κ3) is 3.56. The summed E-state index contributed by atoms with van der Waals surface area (Å²) in [6.45, 7) is 2.30. The summed E-state index contributed by atoms with van der Waals surface area (Å²) >= 11 is 0. The summed E-state index contributed by atoms with van der Waals surface area (Å²) in [7, 11) is 0. The van der Waals surface area contributed by atoms with Gasteiger partial charge in [-0.2, -0.15) is 5.10 Å². The summed E-state index contributed by atoms with van der Waals surface area (Å²) in [6.07, 6.45) is 1.83. The molecule has 21 heavy (non-hydrogen) atoms. The van der Waals surface area contributed by atoms with Crippen LogP contribution in [0.5, 0.6) is 5.75 Å². The van der Waals surface area contributed by atoms with Crippen LogP contribution in [-0.2, 0) is 11.3 Å². The van der Waals surface area contributed by atoms with E-state index >= 15 is 0 Å². The number of benzene rings is 1. The Balaban J connectivity index is 1.96. The minimum absolute atomic E-state index is 0.141. The highest BCUT2D eigenvalue weighted by atomic mass is 16.6. The summed E-state index contributed by atoms with van der Waals surface area (Å²) < 4.78 is 1.69. The average Bonchev–Trinajstić information content (AvgIpc) is 2.84. The molecule has 0 unspecified atom stereocenters. The van der Waals surface area contributed by atoms with Crippen LogP contribution >= 0.6 is 0 Å². The number of carbonyl (C=O) groups excluding carboxylic acids is 1. The molecule has 0 aliphatic heterocycles. The number of carbonyl (C=O) groups is 1. The molecule has 0 bridgehead atoms. The molecular weight excluding hydrogens is 276 g/mol. The van der Waals surface area contributed by atoms with E-state index in [1.54, 1.807) is 10.9 Å². The Labute approximate surface area is 120 Å². The van der Waals surface area contributed by atoms with Crippen LogP contribution in [0.25, 0.3) is 0 Å². The van der Waals surface area contributed by atoms with Crippen LogP contribution in [0.2, 0.25) is 0 Å². The van der Waals surface area contributed by atoms with E-state index in [2.05, 4.69) is 10.4 Å². The van der Waals surface area contributed by atoms with Gasteiger partial charge in [0, 0.05) is 30.9 Å². The molecule has 8 heteroatoms. The number of amides is 1. The number of nitrogens with zero attached hydrogens (tertiary/aromatic N) is 3. The molecule has 0 atom stereocenters. The zero-order valence-electron chi connectivity index (χ0n) is 11.3. The summed E-state index contributed by atoms with van der Waals surface area (Å²) in [5, 5.41) is 26.8. The molecule has 2 rings (SSSR count). The topological polar surface area (TPSA) is 110 Å². The molecule has 2 aromatic rings. The lowest BCUT2D eigenvalue weighted by atomic mass is 10.2. The fraction of sp³-hybridized carbons (Fsp3) is 0.231. The molecule has 0 saturated carbocycles. The van der Waals surface area contributed by atoms with Crippen LogP contribution in [0, 0.1) is 17.0 Å². The summed E-state index contributed by atoms with van der Waals surface area (Å²) in [5.41, 5.74) is 0.849. The number of nitro benzene ring substituents is 1. The molecule has 0 aliphatic carbocycles. The molecule has 0 fully saturated rings. The van der Waals surface area contributed by atoms with Gasteiger partial charge in [0.05, 0.1) is 16.7 Å². The Morgan fingerprint density at radius 2 is 2.24 bits per heavy atom. The maximum Gasteiger partial charge on any atom is 0.273 e. The minimum Gasteiger partial charge on any atom is -0.506 e. The number of nitrogens with one attached hydrogen (secondary N) is 1. The predicted molar refractivity (Wildman–Crippen MR) is 75.0 cm³/mol. The van der Waals surface area contributed by atoms with Crippen LogP contribution < -0.4 is 5.32 Å². The van der Waals surface area contributed by atoms with E-state index in [0.717, 1.165) is 11.8 Å². The molecular formula is C13H14N4O4. The van der Waals surface area contributed by atoms with Crippen molar-refractivity contribution < 1.29 is 14.8 Å². The van der Waals surface area contributed by atoms with Crippen molar-refractivity contribution in [1.29, 1.82) is 0 Å². The van der Waals surface area contributed by atoms with Crippen molar-refractivity contribution >= 4 is 17.3 Å². The van der Waals surface area contributed by atoms with Crippen molar-refractivity contribution in [2.45, 2.75) is 19.9 Å². The second-order valence-electron chi connectivity index (χ2n) is 4.45. The van der Waals surface area contributed by atoms with E-state index < -0.39 is 4.92 Å². The molecule has 1 aromatic carbocycles. The van der Waals surface area contributed by atoms with E-state index in [1.165, 1.54) is 12.1 Å². The smallest absolute Gasteiger partial charge is 0.273 e. The Hall–Kier alpha value is -2.90. The molecule has 1 amide bonds. The summed E-state index contributed by atoms with van der Waals surface area (Å²) in [4.78, 5) is 21.7. The van der Waals surface area contributed by atoms with E-state index in [4.69, 9.17) is 0 Å². The van der Waals surface area contributed by atoms with Gasteiger partial charge in [0.1, 0.15) is 5.75 Å². The minimum atomic E-state index is -0.619. The van der Waals surface area contributed by atoms with Gasteiger partial charge in [-0.25, -0.2) is 0 Å². The molecule has 0 radical (unpaired) electrons. The normalized spacial score (nSPS) is 10.3. The SMILES string of the molecule is Cc1ccnn1CCC(=O)Nc1ccc([N+](=O)[O-])cc1O. The molecule has 8 nitrogen and oxygen atoms in total. The van der Waals surface area contributed by atoms with Gasteiger partial charge < -0.3 is 10.4 Å². The van der Waals surface area contributed by atoms with Gasteiger partial charge in [0.15, 0.2) is 0 Å². The molecule has 1 aromatic heterocycles. The van der Waals surface area contributed by atoms with E-state index in [1.807, 2.05) is 13.0 Å². The van der Waals surface area contributed by atoms with Crippen molar-refractivity contribution in [3.05, 3.63) is 46.3 Å². The van der Waals surface area contributed by atoms with E-state index in [-0.39, 0.29) is 29.5 Å². The number of aromatic nitrogens is 2. The van der Waals surface area contributed by atoms with Gasteiger partial charge in [-0.3, -0.25) is 19.6 Å². The number of aromatic hydroxyl groups is 1. The standard InChI is InChI=1S/C13H14N4O4/c1-9-4-6-14-16(9)7-5-13(19)15-11-3-2-10(17(20)21)8-12(11)18/h2-4,6,8,18H,5,7H2,1H3,(H,15,19). The van der Waals surface area contributed by atoms with Crippen LogP contribution in [-0.4, -0.2) is 25.7 Å². The highest BCUT2D eigenvalue weighted by molar-refractivity contribution is 5.92. The lowest BCUT2D eigenvalue weighted by molar-refractivity contribution is -0.384. The zero-order chi connectivity index (χ0) is 15.4. The number of nitro groups is 1. The Kier molecular flexibility index (Phi) is 4.17. The molecule has 0 aliphatic rings. The summed E-state index contributed by atoms with van der Waals surface area (Å²) in [5.74, 6) is -0.651. The van der Waals surface area contributed by atoms with E-state index in [0.29, 0.717) is 6.54 Å². The van der Waals surface area contributed by atoms with Gasteiger partial charge in [-0.05, 0) is 19.1 Å². The molecule has 110 valence electrons. The van der Waals surface area contributed by atoms with Crippen LogP contribution in [0.1, 0.15) is 12.1 Å². The highest BCUT2D eigenvalue weighted by Gasteiger charge is 2.12. The van der Waals surface area contributed by atoms with Gasteiger partial charge in [-0.15, -0.1) is 0 Å². The van der Waals surface area contributed by atoms with Crippen LogP contribution in [0.3, 0.4) is 0 Å². The Morgan fingerprint density at radius 3 is 2.81 bits per heavy atom. The lowest BCUT2D eigenvalue weighted by Gasteiger charge is -2.08. The maximum atomic E-state index is 11.8. The Morgan fingerprint density at radius 1 is 1.48 bits per heavy atom. The number of rotatable bonds is 5. The third-order valence-electron chi connectivity index (χ3n) is 2.95. The third-order valence-corrected chi connectivity index (χ3v) is 2.95. The van der Waals surface area contributed by atoms with Crippen LogP contribution in [0.4, 0.5) is 11.4 Å². The molecule has 0 spiro atoms. The lowest BCUT2D eigenvalue weighted by Crippen LogP contribution is -2.15. The van der Waals surface area contributed by atoms with E-state index in [9.17, 15) is 20.0 Å². The number of aryl methyl sites for hydroxylation is 2. The molecule has 0 saturated heterocycles. The first-order valence-corrected chi connectivity index (χ1v) is 6.23. The van der Waals surface area contributed by atoms with Crippen molar-refractivity contribution in [3.8, 4) is 5.75 Å². The van der Waals surface area contributed by atoms with Crippen molar-refractivity contribution in [2.24, 2.45) is 0 Å². The van der Waals surface area contributed by atoms with Gasteiger partial charge in [-0.1, -0.05) is 0 Å². The van der Waals surface area contributed by atoms with Crippen molar-refractivity contribution in [1.82, 2.24) is 9.78 Å². The quantitative estimate of drug-likeness (QED) is 0.496. The number of hydrogen-bond donors (Lipinski definition) is 2. The average molecular weight is 290 g/mol. The van der Waals surface area contributed by atoms with Gasteiger partial charge in [0.25, 0.3) is 5.69 Å². The van der Waals surface area contributed by atoms with Gasteiger partial charge in [0.2, 0.25) is 5.91 Å². The first-order chi connectivity index (χ1) is 9.97. The van der Waals surface area contributed by atoms with Gasteiger partial charge >= 0.3 is 0 Å². The predicted octanol–water partition coefficient (Wildman–Crippen LogP) is 1.83. The zero-order valence-corrected chi connectivity index (χ0v) is 11.3. The first kappa shape index (κ1) is 14.5. The number of anilines is 1. The largest absolute Gasteiger partial charge is 0.506 e. The maximum absolute atomic E-state index is 11.8. The fourth-order valence-electron chi connectivity index (χ4n) is 1.79. The second-order valence-corrected chi connectivity index (χ2v) is 4.45. The second kappa shape index (κ2) is 6.04. The monoisotopic (exact) mass is 290 g/mol. The Bertz CT molecular complexity index is 681. The first-order valence-electron chi connectivity index (χ1n) is 6.23. The number of phenolic OH excluding ortho intramolecular Hbond substituents is 1. The molecule has 1 heterocycles. The number of non-ortho nitro benzene ring substituents is 1. The number of hydrogen-bond acceptors (Lipinski definition) is 5. The van der Waals surface area contributed by atoms with Crippen LogP contribution in [0.15, 0.2) is 30.5 Å². The highest BCUT2D eigenvalue weighted by Crippen LogP contribution is 2.27. The van der Waals surface area contributed by atoms with Crippen molar-refractivity contribution in [3.63, 3.8) is 0 Å². The fourth-order valence-corrected chi connectivity index (χ4v) is 1.79. The van der Waals surface area contributed by atoms with Crippen molar-refractivity contribution in [2.75, 3.05) is 5.32 Å².